The van der Waals surface area contributed by atoms with Crippen LogP contribution in [0.2, 0.25) is 0 Å². The van der Waals surface area contributed by atoms with Gasteiger partial charge in [-0.2, -0.15) is 29.8 Å². The number of hydrogen-bond donors (Lipinski definition) is 4. The number of thioether (sulfide) groups is 1. The zero-order valence-corrected chi connectivity index (χ0v) is 38.9. The first-order chi connectivity index (χ1) is 28.6. The Morgan fingerprint density at radius 3 is 2.05 bits per heavy atom. The molecule has 0 saturated carbocycles. The lowest BCUT2D eigenvalue weighted by atomic mass is 9.81. The molecule has 3 aliphatic rings. The van der Waals surface area contributed by atoms with Gasteiger partial charge in [-0.1, -0.05) is 26.0 Å². The molecule has 21 heteroatoms. The number of benzene rings is 2. The van der Waals surface area contributed by atoms with Gasteiger partial charge >= 0.3 is 5.97 Å². The molecule has 0 amide bonds. The van der Waals surface area contributed by atoms with Crippen molar-refractivity contribution in [2.75, 3.05) is 35.2 Å². The van der Waals surface area contributed by atoms with E-state index in [4.69, 9.17) is 0 Å². The van der Waals surface area contributed by atoms with E-state index in [-0.39, 0.29) is 34.8 Å². The van der Waals surface area contributed by atoms with E-state index in [0.717, 1.165) is 33.9 Å². The molecular weight excluding hydrogens is 905 g/mol. The molecule has 2 aromatic rings. The van der Waals surface area contributed by atoms with E-state index in [1.807, 2.05) is 61.5 Å². The fourth-order valence-electron chi connectivity index (χ4n) is 8.22. The number of carboxylic acid groups (broad SMARTS) is 1. The Kier molecular flexibility index (Phi) is 15.0. The summed E-state index contributed by atoms with van der Waals surface area (Å²) in [6.07, 6.45) is 10.5. The minimum Gasteiger partial charge on any atom is -0.748 e. The maximum absolute atomic E-state index is 12.2. The van der Waals surface area contributed by atoms with Crippen LogP contribution in [0.3, 0.4) is 0 Å². The molecule has 0 unspecified atom stereocenters. The first kappa shape index (κ1) is 49.3. The predicted octanol–water partition coefficient (Wildman–Crippen LogP) is 6.36. The van der Waals surface area contributed by atoms with E-state index in [2.05, 4.69) is 0 Å². The van der Waals surface area contributed by atoms with Crippen LogP contribution < -0.4 is 4.90 Å². The summed E-state index contributed by atoms with van der Waals surface area (Å²) in [4.78, 5) is 13.9. The van der Waals surface area contributed by atoms with Crippen LogP contribution in [-0.4, -0.2) is 104 Å². The van der Waals surface area contributed by atoms with E-state index in [1.54, 1.807) is 12.1 Å². The summed E-state index contributed by atoms with van der Waals surface area (Å²) < 4.78 is 137. The quantitative estimate of drug-likeness (QED) is 0.0678. The van der Waals surface area contributed by atoms with Gasteiger partial charge in [0.15, 0.2) is 5.71 Å². The van der Waals surface area contributed by atoms with Gasteiger partial charge in [0.25, 0.3) is 30.4 Å². The summed E-state index contributed by atoms with van der Waals surface area (Å²) in [5.41, 5.74) is 4.23. The van der Waals surface area contributed by atoms with Crippen LogP contribution in [0.1, 0.15) is 90.2 Å². The van der Waals surface area contributed by atoms with Crippen molar-refractivity contribution in [3.63, 3.8) is 0 Å². The number of allylic oxidation sites excluding steroid dienone is 7. The van der Waals surface area contributed by atoms with Gasteiger partial charge in [-0.3, -0.25) is 18.5 Å². The number of fused-ring (bicyclic) bond motifs is 2. The van der Waals surface area contributed by atoms with Crippen molar-refractivity contribution in [1.29, 1.82) is 0 Å². The zero-order chi connectivity index (χ0) is 46.1. The highest BCUT2D eigenvalue weighted by molar-refractivity contribution is 8.03. The summed E-state index contributed by atoms with van der Waals surface area (Å²) in [6.45, 7) is 8.21. The molecule has 2 heterocycles. The predicted molar refractivity (Wildman–Crippen MR) is 236 cm³/mol. The number of aliphatic carboxylic acids is 1. The first-order valence-corrected chi connectivity index (χ1v) is 26.9. The maximum atomic E-state index is 12.2. The summed E-state index contributed by atoms with van der Waals surface area (Å²) >= 11 is 1.39. The van der Waals surface area contributed by atoms with Crippen LogP contribution in [0.25, 0.3) is 0 Å². The minimum absolute atomic E-state index is 0.100. The first-order valence-electron chi connectivity index (χ1n) is 19.8. The Labute approximate surface area is 368 Å². The van der Waals surface area contributed by atoms with Gasteiger partial charge in [0.05, 0.1) is 37.5 Å². The number of carboxylic acids is 1. The molecule has 0 aromatic heterocycles. The molecule has 1 aliphatic carbocycles. The number of rotatable bonds is 19. The highest BCUT2D eigenvalue weighted by atomic mass is 32.2. The van der Waals surface area contributed by atoms with Gasteiger partial charge in [-0.05, 0) is 105 Å². The number of nitrogens with zero attached hydrogens (tertiary/aromatic N) is 2. The van der Waals surface area contributed by atoms with Gasteiger partial charge < -0.3 is 14.6 Å². The van der Waals surface area contributed by atoms with E-state index >= 15 is 0 Å². The number of carbonyl (C=O) groups is 1. The topological polar surface area (TPSA) is 264 Å². The molecule has 0 bridgehead atoms. The van der Waals surface area contributed by atoms with Gasteiger partial charge in [0, 0.05) is 63.9 Å². The Bertz CT molecular complexity index is 2730. The van der Waals surface area contributed by atoms with Crippen molar-refractivity contribution in [2.45, 2.75) is 99.7 Å². The number of anilines is 1. The van der Waals surface area contributed by atoms with Crippen molar-refractivity contribution in [3.05, 3.63) is 93.6 Å². The van der Waals surface area contributed by atoms with Crippen LogP contribution in [0.15, 0.2) is 92.2 Å². The molecule has 2 aliphatic heterocycles. The lowest BCUT2D eigenvalue weighted by Crippen LogP contribution is -2.28. The summed E-state index contributed by atoms with van der Waals surface area (Å²) in [5.74, 6) is -1.69. The SMILES string of the molecule is CC1(C)C(=CC=C2CCCC(C=CC3=[N+](CCCCS(=O)(=O)O)c4ccc(S(=O)(=O)O)cc4C3(C)C)=C2SCCC(=O)O)N(CCCCS(=O)(=O)[O-])c2ccc(S(=O)(=O)O)cc21. The molecular formula is C41H52N2O14S5. The number of unbranched alkanes of at least 4 members (excludes halogenated alkanes) is 2. The standard InChI is InChI=1S/C41H52N2O14S5/c1-40(2)32-26-30(61(52,53)54)14-16-34(32)42(21-5-7-24-59(46,47)48)36(40)18-12-28-10-9-11-29(39(28)58-23-20-38(44)45)13-19-37-41(3,4)33-27-31(62(55,56)57)15-17-35(33)43(37)22-6-8-25-60(49,50)51/h12-19,26-27H,5-11,20-25H2,1-4H3,(H4-,44,45,46,47,48,49,50,51,52,53,54,55,56,57). The average molecular weight is 957 g/mol. The molecule has 2 aromatic carbocycles. The summed E-state index contributed by atoms with van der Waals surface area (Å²) in [7, 11) is -17.7. The Morgan fingerprint density at radius 2 is 1.44 bits per heavy atom. The zero-order valence-electron chi connectivity index (χ0n) is 34.8. The second-order valence-corrected chi connectivity index (χ2v) is 23.5. The Hall–Kier alpha value is -3.67. The molecule has 0 radical (unpaired) electrons. The third-order valence-electron chi connectivity index (χ3n) is 11.3. The Balaban J connectivity index is 1.60. The largest absolute Gasteiger partial charge is 0.748 e. The third-order valence-corrected chi connectivity index (χ3v) is 15.8. The van der Waals surface area contributed by atoms with Crippen molar-refractivity contribution in [3.8, 4) is 0 Å². The lowest BCUT2D eigenvalue weighted by molar-refractivity contribution is -0.438. The van der Waals surface area contributed by atoms with Crippen molar-refractivity contribution in [2.24, 2.45) is 0 Å². The van der Waals surface area contributed by atoms with Crippen LogP contribution in [-0.2, 0) is 56.1 Å². The van der Waals surface area contributed by atoms with Crippen molar-refractivity contribution >= 4 is 75.3 Å². The second kappa shape index (κ2) is 18.8. The van der Waals surface area contributed by atoms with Crippen LogP contribution in [0, 0.1) is 0 Å². The fourth-order valence-corrected chi connectivity index (χ4v) is 11.6. The van der Waals surface area contributed by atoms with E-state index in [0.29, 0.717) is 61.3 Å². The highest BCUT2D eigenvalue weighted by Gasteiger charge is 2.45. The van der Waals surface area contributed by atoms with Crippen LogP contribution in [0.5, 0.6) is 0 Å². The molecule has 0 fully saturated rings. The van der Waals surface area contributed by atoms with Gasteiger partial charge in [-0.25, -0.2) is 8.42 Å². The molecule has 4 N–H and O–H groups in total. The van der Waals surface area contributed by atoms with Gasteiger partial charge in [-0.15, -0.1) is 11.8 Å². The van der Waals surface area contributed by atoms with E-state index < -0.39 is 68.8 Å². The van der Waals surface area contributed by atoms with Crippen molar-refractivity contribution < 1.29 is 66.4 Å². The van der Waals surface area contributed by atoms with Gasteiger partial charge in [0.2, 0.25) is 5.69 Å². The van der Waals surface area contributed by atoms with E-state index in [9.17, 15) is 61.8 Å². The average Bonchev–Trinajstić information content (AvgIpc) is 3.49. The summed E-state index contributed by atoms with van der Waals surface area (Å²) in [6, 6.07) is 8.58. The molecule has 0 spiro atoms. The van der Waals surface area contributed by atoms with Crippen LogP contribution in [0.4, 0.5) is 11.4 Å². The molecule has 0 atom stereocenters. The number of hydrogen-bond acceptors (Lipinski definition) is 12. The fraction of sp³-hybridized carbons (Fsp3) is 0.463. The molecule has 0 saturated heterocycles. The molecule has 16 nitrogen and oxygen atoms in total. The van der Waals surface area contributed by atoms with Crippen molar-refractivity contribution in [1.82, 2.24) is 0 Å². The Morgan fingerprint density at radius 1 is 0.806 bits per heavy atom. The monoisotopic (exact) mass is 956 g/mol. The third kappa shape index (κ3) is 11.9. The molecule has 5 rings (SSSR count). The second-order valence-electron chi connectivity index (χ2n) is 16.5. The lowest BCUT2D eigenvalue weighted by Gasteiger charge is -2.27. The maximum Gasteiger partial charge on any atom is 0.304 e. The highest BCUT2D eigenvalue weighted by Crippen LogP contribution is 2.49. The smallest absolute Gasteiger partial charge is 0.304 e. The van der Waals surface area contributed by atoms with Crippen LogP contribution >= 0.6 is 11.8 Å². The van der Waals surface area contributed by atoms with Gasteiger partial charge in [0.1, 0.15) is 6.54 Å². The normalized spacial score (nSPS) is 19.3. The summed E-state index contributed by atoms with van der Waals surface area (Å²) in [5, 5.41) is 9.53. The van der Waals surface area contributed by atoms with E-state index in [1.165, 1.54) is 36.0 Å². The molecule has 340 valence electrons. The minimum atomic E-state index is -4.54. The molecule has 62 heavy (non-hydrogen) atoms.